The van der Waals surface area contributed by atoms with E-state index in [4.69, 9.17) is 4.74 Å². The summed E-state index contributed by atoms with van der Waals surface area (Å²) in [6, 6.07) is 1.08. The summed E-state index contributed by atoms with van der Waals surface area (Å²) in [6.07, 6.45) is 1.10. The highest BCUT2D eigenvalue weighted by atomic mass is 16.6. The molecule has 2 saturated heterocycles. The Morgan fingerprint density at radius 2 is 2.27 bits per heavy atom. The number of ether oxygens (including phenoxy) is 1. The summed E-state index contributed by atoms with van der Waals surface area (Å²) in [5.41, 5.74) is 0.0612. The maximum Gasteiger partial charge on any atom is 0.410 e. The van der Waals surface area contributed by atoms with Crippen LogP contribution in [-0.2, 0) is 4.74 Å². The van der Waals surface area contributed by atoms with Gasteiger partial charge in [-0.05, 0) is 27.2 Å². The zero-order valence-electron chi connectivity index (χ0n) is 9.54. The standard InChI is InChI=1S/C11H18N2O2/c1-10(2,3)15-9(14)13-6-11-4-7(11)12-5-8(11)13/h7-8,12H,4-6H2,1-3H3. The van der Waals surface area contributed by atoms with E-state index in [-0.39, 0.29) is 11.7 Å². The van der Waals surface area contributed by atoms with Gasteiger partial charge in [-0.2, -0.15) is 0 Å². The Labute approximate surface area is 90.0 Å². The molecule has 1 aliphatic carbocycles. The summed E-state index contributed by atoms with van der Waals surface area (Å²) < 4.78 is 5.37. The number of amides is 1. The van der Waals surface area contributed by atoms with E-state index in [0.29, 0.717) is 17.5 Å². The van der Waals surface area contributed by atoms with Gasteiger partial charge in [-0.3, -0.25) is 0 Å². The van der Waals surface area contributed by atoms with Crippen molar-refractivity contribution in [3.8, 4) is 0 Å². The highest BCUT2D eigenvalue weighted by Gasteiger charge is 2.72. The molecule has 0 bridgehead atoms. The highest BCUT2D eigenvalue weighted by molar-refractivity contribution is 5.71. The summed E-state index contributed by atoms with van der Waals surface area (Å²) in [5.74, 6) is 0. The third-order valence-electron chi connectivity index (χ3n) is 3.81. The first-order valence-electron chi connectivity index (χ1n) is 5.65. The molecule has 4 nitrogen and oxygen atoms in total. The van der Waals surface area contributed by atoms with Crippen LogP contribution in [0.2, 0.25) is 0 Å². The van der Waals surface area contributed by atoms with Crippen LogP contribution in [0.3, 0.4) is 0 Å². The zero-order valence-corrected chi connectivity index (χ0v) is 9.54. The summed E-state index contributed by atoms with van der Waals surface area (Å²) >= 11 is 0. The first-order valence-corrected chi connectivity index (χ1v) is 5.65. The molecular formula is C11H18N2O2. The van der Waals surface area contributed by atoms with Crippen molar-refractivity contribution in [1.82, 2.24) is 10.2 Å². The molecule has 1 spiro atoms. The third-order valence-corrected chi connectivity index (χ3v) is 3.81. The molecule has 3 aliphatic rings. The largest absolute Gasteiger partial charge is 0.444 e. The van der Waals surface area contributed by atoms with Gasteiger partial charge in [0, 0.05) is 24.5 Å². The van der Waals surface area contributed by atoms with Gasteiger partial charge >= 0.3 is 6.09 Å². The average molecular weight is 210 g/mol. The monoisotopic (exact) mass is 210 g/mol. The van der Waals surface area contributed by atoms with Crippen LogP contribution in [0.15, 0.2) is 0 Å². The van der Waals surface area contributed by atoms with Crippen molar-refractivity contribution in [2.75, 3.05) is 13.1 Å². The Morgan fingerprint density at radius 1 is 1.53 bits per heavy atom. The second-order valence-electron chi connectivity index (χ2n) is 6.02. The van der Waals surface area contributed by atoms with Gasteiger partial charge in [0.1, 0.15) is 5.60 Å². The Kier molecular flexibility index (Phi) is 1.57. The van der Waals surface area contributed by atoms with Crippen LogP contribution in [0.25, 0.3) is 0 Å². The molecule has 0 aromatic rings. The molecule has 1 saturated carbocycles. The van der Waals surface area contributed by atoms with Gasteiger partial charge in [0.2, 0.25) is 0 Å². The van der Waals surface area contributed by atoms with Crippen LogP contribution in [0.5, 0.6) is 0 Å². The minimum atomic E-state index is -0.380. The molecule has 3 atom stereocenters. The molecule has 1 amide bonds. The number of rotatable bonds is 0. The Hall–Kier alpha value is -0.770. The van der Waals surface area contributed by atoms with E-state index >= 15 is 0 Å². The molecule has 3 fully saturated rings. The second kappa shape index (κ2) is 2.48. The van der Waals surface area contributed by atoms with E-state index in [1.807, 2.05) is 25.7 Å². The molecule has 2 heterocycles. The Balaban J connectivity index is 1.64. The number of likely N-dealkylation sites (tertiary alicyclic amines) is 1. The van der Waals surface area contributed by atoms with Crippen LogP contribution >= 0.6 is 0 Å². The van der Waals surface area contributed by atoms with Crippen LogP contribution in [0.4, 0.5) is 4.79 Å². The van der Waals surface area contributed by atoms with E-state index in [0.717, 1.165) is 13.1 Å². The normalized spacial score (nSPS) is 41.7. The minimum absolute atomic E-state index is 0.146. The SMILES string of the molecule is CC(C)(C)OC(=O)N1CC23CC2NCC13. The first kappa shape index (κ1) is 9.46. The van der Waals surface area contributed by atoms with Crippen LogP contribution in [0, 0.1) is 5.41 Å². The Morgan fingerprint density at radius 3 is 2.80 bits per heavy atom. The minimum Gasteiger partial charge on any atom is -0.444 e. The van der Waals surface area contributed by atoms with Gasteiger partial charge < -0.3 is 15.0 Å². The molecule has 3 rings (SSSR count). The lowest BCUT2D eigenvalue weighted by Crippen LogP contribution is -2.61. The summed E-state index contributed by atoms with van der Waals surface area (Å²) in [7, 11) is 0. The number of hydrogen-bond acceptors (Lipinski definition) is 3. The quantitative estimate of drug-likeness (QED) is 0.647. The number of nitrogens with one attached hydrogen (secondary N) is 1. The predicted molar refractivity (Wildman–Crippen MR) is 55.6 cm³/mol. The van der Waals surface area contributed by atoms with Crippen LogP contribution in [0.1, 0.15) is 27.2 Å². The average Bonchev–Trinajstić information content (AvgIpc) is 2.68. The summed E-state index contributed by atoms with van der Waals surface area (Å²) in [6.45, 7) is 7.57. The number of piperidine rings is 1. The lowest BCUT2D eigenvalue weighted by molar-refractivity contribution is -0.0296. The lowest BCUT2D eigenvalue weighted by atomic mass is 9.87. The van der Waals surface area contributed by atoms with Gasteiger partial charge in [-0.1, -0.05) is 0 Å². The highest BCUT2D eigenvalue weighted by Crippen LogP contribution is 2.61. The predicted octanol–water partition coefficient (Wildman–Crippen LogP) is 0.968. The van der Waals surface area contributed by atoms with Gasteiger partial charge in [0.05, 0.1) is 6.04 Å². The fourth-order valence-corrected chi connectivity index (χ4v) is 2.95. The van der Waals surface area contributed by atoms with Crippen molar-refractivity contribution in [3.05, 3.63) is 0 Å². The molecular weight excluding hydrogens is 192 g/mol. The van der Waals surface area contributed by atoms with Gasteiger partial charge in [-0.15, -0.1) is 0 Å². The topological polar surface area (TPSA) is 41.6 Å². The molecule has 3 unspecified atom stereocenters. The molecule has 2 aliphatic heterocycles. The van der Waals surface area contributed by atoms with Gasteiger partial charge in [-0.25, -0.2) is 4.79 Å². The van der Waals surface area contributed by atoms with E-state index in [9.17, 15) is 4.79 Å². The number of hydrogen-bond donors (Lipinski definition) is 1. The lowest BCUT2D eigenvalue weighted by Gasteiger charge is -2.46. The number of carbonyl (C=O) groups is 1. The van der Waals surface area contributed by atoms with Crippen LogP contribution in [-0.4, -0.2) is 41.8 Å². The summed E-state index contributed by atoms with van der Waals surface area (Å²) in [5, 5.41) is 3.44. The van der Waals surface area contributed by atoms with E-state index < -0.39 is 0 Å². The van der Waals surface area contributed by atoms with Crippen molar-refractivity contribution < 1.29 is 9.53 Å². The van der Waals surface area contributed by atoms with E-state index in [1.165, 1.54) is 6.42 Å². The van der Waals surface area contributed by atoms with Gasteiger partial charge in [0.25, 0.3) is 0 Å². The molecule has 1 N–H and O–H groups in total. The molecule has 4 heteroatoms. The third kappa shape index (κ3) is 1.20. The molecule has 0 aromatic heterocycles. The molecule has 0 radical (unpaired) electrons. The van der Waals surface area contributed by atoms with Crippen molar-refractivity contribution in [3.63, 3.8) is 0 Å². The molecule has 84 valence electrons. The second-order valence-corrected chi connectivity index (χ2v) is 6.02. The van der Waals surface area contributed by atoms with Crippen molar-refractivity contribution in [2.45, 2.75) is 44.9 Å². The smallest absolute Gasteiger partial charge is 0.410 e. The zero-order chi connectivity index (χ0) is 10.8. The first-order chi connectivity index (χ1) is 6.92. The van der Waals surface area contributed by atoms with Crippen molar-refractivity contribution in [2.24, 2.45) is 5.41 Å². The Bertz CT molecular complexity index is 321. The summed E-state index contributed by atoms with van der Waals surface area (Å²) in [4.78, 5) is 13.7. The van der Waals surface area contributed by atoms with Crippen molar-refractivity contribution in [1.29, 1.82) is 0 Å². The number of carbonyl (C=O) groups excluding carboxylic acids is 1. The fraction of sp³-hybridized carbons (Fsp3) is 0.909. The molecule has 15 heavy (non-hydrogen) atoms. The molecule has 0 aromatic carbocycles. The van der Waals surface area contributed by atoms with Crippen molar-refractivity contribution >= 4 is 6.09 Å². The maximum absolute atomic E-state index is 11.8. The van der Waals surface area contributed by atoms with Crippen LogP contribution < -0.4 is 5.32 Å². The fourth-order valence-electron chi connectivity index (χ4n) is 2.95. The maximum atomic E-state index is 11.8. The number of nitrogens with zero attached hydrogens (tertiary/aromatic N) is 1. The van der Waals surface area contributed by atoms with E-state index in [1.54, 1.807) is 0 Å². The van der Waals surface area contributed by atoms with Gasteiger partial charge in [0.15, 0.2) is 0 Å². The van der Waals surface area contributed by atoms with E-state index in [2.05, 4.69) is 5.32 Å².